The van der Waals surface area contributed by atoms with Gasteiger partial charge in [0.2, 0.25) is 0 Å². The van der Waals surface area contributed by atoms with Crippen LogP contribution in [0.5, 0.6) is 0 Å². The smallest absolute Gasteiger partial charge is 0.185 e. The standard InChI is InChI=1S/C43H33FN2O.C18H24NSi.Ir/c1-26(2)34-24-32(28-10-6-5-7-11-28)25-35(27(3)4)42(34)46-39-13-9-8-12-38(39)45-43(46)31-17-21-41-37(23-31)36-22-30(16-20-40(36)47-41)29-14-18-33(44)19-15-29;1-14(2)11-16-12-17(15-9-7-6-8-10-15)19-13-18(16)20(3,4)5;/h5-16,18-20,22-27H,1-4H3;6-9,12-14H,11H2,1-5H3;/q;-1;/i;11D2;. The molecule has 0 N–H and O–H groups in total. The summed E-state index contributed by atoms with van der Waals surface area (Å²) in [4.78, 5) is 9.82. The van der Waals surface area contributed by atoms with Crippen LogP contribution < -0.4 is 15.8 Å². The van der Waals surface area contributed by atoms with Gasteiger partial charge in [-0.2, -0.15) is 0 Å². The molecule has 0 bridgehead atoms. The molecule has 3 aromatic heterocycles. The number of imidazole rings is 1. The minimum atomic E-state index is -1.67. The molecular formula is C61H57FIrN3OSi-. The van der Waals surface area contributed by atoms with Crippen LogP contribution in [0.4, 0.5) is 4.39 Å². The van der Waals surface area contributed by atoms with E-state index in [4.69, 9.17) is 12.1 Å². The molecule has 0 spiro atoms. The maximum Gasteiger partial charge on any atom is 0.185 e. The summed E-state index contributed by atoms with van der Waals surface area (Å²) in [5, 5.41) is 3.00. The normalized spacial score (nSPS) is 12.8. The molecule has 10 rings (SSSR count). The zero-order chi connectivity index (χ0) is 48.8. The summed E-state index contributed by atoms with van der Waals surface area (Å²) < 4.78 is 39.3. The van der Waals surface area contributed by atoms with E-state index in [9.17, 15) is 4.39 Å². The van der Waals surface area contributed by atoms with Gasteiger partial charge in [0.1, 0.15) is 11.4 Å². The number of fused-ring (bicyclic) bond motifs is 4. The van der Waals surface area contributed by atoms with Crippen molar-refractivity contribution in [3.63, 3.8) is 0 Å². The predicted molar refractivity (Wildman–Crippen MR) is 280 cm³/mol. The number of furan rings is 1. The summed E-state index contributed by atoms with van der Waals surface area (Å²) in [5.74, 6) is 1.00. The zero-order valence-electron chi connectivity index (χ0n) is 42.1. The molecule has 0 saturated heterocycles. The molecule has 6 aromatic carbocycles. The van der Waals surface area contributed by atoms with Gasteiger partial charge in [-0.25, -0.2) is 9.37 Å². The Kier molecular flexibility index (Phi) is 13.4. The first-order chi connectivity index (χ1) is 33.0. The fourth-order valence-corrected chi connectivity index (χ4v) is 10.2. The Morgan fingerprint density at radius 1 is 0.735 bits per heavy atom. The van der Waals surface area contributed by atoms with Crippen LogP contribution in [-0.4, -0.2) is 22.6 Å². The first-order valence-electron chi connectivity index (χ1n) is 24.3. The van der Waals surface area contributed by atoms with E-state index in [1.165, 1.54) is 40.1 Å². The van der Waals surface area contributed by atoms with E-state index in [-0.39, 0.29) is 43.7 Å². The predicted octanol–water partition coefficient (Wildman–Crippen LogP) is 14.2. The van der Waals surface area contributed by atoms with Gasteiger partial charge in [-0.05, 0) is 129 Å². The maximum absolute atomic E-state index is 13.7. The van der Waals surface area contributed by atoms with Crippen molar-refractivity contribution in [1.29, 1.82) is 0 Å². The molecule has 3 heterocycles. The number of rotatable bonds is 10. The van der Waals surface area contributed by atoms with Crippen LogP contribution in [0.3, 0.4) is 0 Å². The summed E-state index contributed by atoms with van der Waals surface area (Å²) in [6.07, 6.45) is 2.65. The summed E-state index contributed by atoms with van der Waals surface area (Å²) in [7, 11) is -1.67. The molecule has 9 aromatic rings. The molecule has 0 amide bonds. The van der Waals surface area contributed by atoms with Crippen molar-refractivity contribution in [3.8, 4) is 39.2 Å². The number of nitrogens with zero attached hydrogens (tertiary/aromatic N) is 3. The van der Waals surface area contributed by atoms with Crippen LogP contribution >= 0.6 is 0 Å². The van der Waals surface area contributed by atoms with Crippen LogP contribution in [0.25, 0.3) is 78.6 Å². The fourth-order valence-electron chi connectivity index (χ4n) is 8.83. The second-order valence-corrected chi connectivity index (χ2v) is 24.3. The first-order valence-corrected chi connectivity index (χ1v) is 26.8. The monoisotopic (exact) mass is 1090 g/mol. The van der Waals surface area contributed by atoms with Crippen molar-refractivity contribution >= 4 is 52.6 Å². The minimum absolute atomic E-state index is 0. The largest absolute Gasteiger partial charge is 0.447 e. The fraction of sp³-hybridized carbons (Fsp3) is 0.213. The molecule has 68 heavy (non-hydrogen) atoms. The number of hydrogen-bond donors (Lipinski definition) is 0. The second kappa shape index (κ2) is 20.0. The maximum atomic E-state index is 13.7. The van der Waals surface area contributed by atoms with Gasteiger partial charge >= 0.3 is 0 Å². The van der Waals surface area contributed by atoms with Crippen molar-refractivity contribution in [3.05, 3.63) is 196 Å². The van der Waals surface area contributed by atoms with Crippen LogP contribution in [0.1, 0.15) is 78.6 Å². The summed E-state index contributed by atoms with van der Waals surface area (Å²) in [5.41, 5.74) is 21.5. The number of benzene rings is 6. The van der Waals surface area contributed by atoms with Crippen LogP contribution in [0.2, 0.25) is 19.6 Å². The summed E-state index contributed by atoms with van der Waals surface area (Å²) >= 11 is 0. The summed E-state index contributed by atoms with van der Waals surface area (Å²) in [6.45, 7) is 19.6. The number of para-hydroxylation sites is 2. The van der Waals surface area contributed by atoms with Gasteiger partial charge in [0.15, 0.2) is 11.2 Å². The van der Waals surface area contributed by atoms with Crippen molar-refractivity contribution < 1.29 is 31.7 Å². The first kappa shape index (κ1) is 45.4. The van der Waals surface area contributed by atoms with Gasteiger partial charge in [-0.15, -0.1) is 35.9 Å². The Morgan fingerprint density at radius 2 is 1.40 bits per heavy atom. The average molecular weight is 1090 g/mol. The molecule has 4 nitrogen and oxygen atoms in total. The molecule has 1 radical (unpaired) electrons. The molecule has 343 valence electrons. The zero-order valence-corrected chi connectivity index (χ0v) is 43.5. The molecule has 7 heteroatoms. The van der Waals surface area contributed by atoms with E-state index in [1.807, 2.05) is 68.6 Å². The SMILES string of the molecule is CC(C)c1cc(-c2ccccc2)cc(C(C)C)c1-n1c(C2=C=C=c3oc4ccc(-c5ccc(F)cc5)cc4c3=C2)nc2ccccc21.[2H]C([2H])(c1cc(-c2[c-]cccc2)ncc1[Si](C)(C)C)C(C)C.[Ir]. The average Bonchev–Trinajstić information content (AvgIpc) is 3.92. The number of pyridine rings is 1. The van der Waals surface area contributed by atoms with E-state index in [1.54, 1.807) is 12.1 Å². The Morgan fingerprint density at radius 3 is 2.06 bits per heavy atom. The van der Waals surface area contributed by atoms with E-state index < -0.39 is 14.4 Å². The van der Waals surface area contributed by atoms with Crippen molar-refractivity contribution in [2.24, 2.45) is 5.92 Å². The third-order valence-electron chi connectivity index (χ3n) is 12.2. The molecule has 1 aliphatic rings. The van der Waals surface area contributed by atoms with Crippen molar-refractivity contribution in [2.75, 3.05) is 0 Å². The Bertz CT molecular complexity index is 3550. The Labute approximate surface area is 417 Å². The van der Waals surface area contributed by atoms with Gasteiger partial charge in [-0.3, -0.25) is 4.57 Å². The number of hydrogen-bond acceptors (Lipinski definition) is 3. The third kappa shape index (κ3) is 9.92. The minimum Gasteiger partial charge on any atom is -0.447 e. The molecule has 1 aliphatic carbocycles. The van der Waals surface area contributed by atoms with Gasteiger partial charge in [0.25, 0.3) is 0 Å². The number of halogens is 1. The number of allylic oxidation sites excluding steroid dienone is 1. The van der Waals surface area contributed by atoms with Gasteiger partial charge in [0.05, 0.1) is 30.4 Å². The Hall–Kier alpha value is -6.42. The van der Waals surface area contributed by atoms with E-state index in [2.05, 4.69) is 147 Å². The van der Waals surface area contributed by atoms with E-state index in [0.717, 1.165) is 71.8 Å². The molecule has 0 saturated carbocycles. The second-order valence-electron chi connectivity index (χ2n) is 19.2. The molecule has 0 unspecified atom stereocenters. The Balaban J connectivity index is 0.000000242. The van der Waals surface area contributed by atoms with E-state index in [0.29, 0.717) is 5.42 Å². The molecule has 0 atom stereocenters. The van der Waals surface area contributed by atoms with Crippen LogP contribution in [0, 0.1) is 17.8 Å². The van der Waals surface area contributed by atoms with Crippen molar-refractivity contribution in [2.45, 2.75) is 79.4 Å². The van der Waals surface area contributed by atoms with Crippen LogP contribution in [0.15, 0.2) is 156 Å². The summed E-state index contributed by atoms with van der Waals surface area (Å²) in [6, 6.07) is 49.1. The molecular weight excluding hydrogens is 1030 g/mol. The van der Waals surface area contributed by atoms with Gasteiger partial charge in [0, 0.05) is 39.6 Å². The third-order valence-corrected chi connectivity index (χ3v) is 14.2. The number of aromatic nitrogens is 3. The van der Waals surface area contributed by atoms with Crippen LogP contribution in [-0.2, 0) is 26.5 Å². The molecule has 0 aliphatic heterocycles. The van der Waals surface area contributed by atoms with E-state index >= 15 is 0 Å². The topological polar surface area (TPSA) is 43.9 Å². The van der Waals surface area contributed by atoms with Gasteiger partial charge in [-0.1, -0.05) is 139 Å². The molecule has 0 fully saturated rings. The van der Waals surface area contributed by atoms with Gasteiger partial charge < -0.3 is 9.40 Å². The van der Waals surface area contributed by atoms with Crippen molar-refractivity contribution in [1.82, 2.24) is 14.5 Å². The quantitative estimate of drug-likeness (QED) is 0.0779.